The van der Waals surface area contributed by atoms with E-state index < -0.39 is 6.10 Å². The van der Waals surface area contributed by atoms with E-state index in [1.807, 2.05) is 0 Å². The molecule has 0 spiro atoms. The Morgan fingerprint density at radius 1 is 1.44 bits per heavy atom. The third-order valence-corrected chi connectivity index (χ3v) is 3.49. The van der Waals surface area contributed by atoms with Crippen molar-refractivity contribution in [1.29, 1.82) is 0 Å². The zero-order valence-corrected chi connectivity index (χ0v) is 11.0. The zero-order valence-electron chi connectivity index (χ0n) is 11.0. The number of amides is 1. The van der Waals surface area contributed by atoms with Crippen molar-refractivity contribution in [3.05, 3.63) is 34.9 Å². The fourth-order valence-electron chi connectivity index (χ4n) is 2.34. The Bertz CT molecular complexity index is 425. The number of hydrogen-bond acceptors (Lipinski definition) is 3. The summed E-state index contributed by atoms with van der Waals surface area (Å²) in [7, 11) is 0. The number of aryl methyl sites for hydroxylation is 2. The summed E-state index contributed by atoms with van der Waals surface area (Å²) in [5, 5.41) is 0. The Balaban J connectivity index is 2.07. The molecule has 1 aliphatic rings. The Morgan fingerprint density at radius 2 is 2.11 bits per heavy atom. The number of rotatable bonds is 3. The van der Waals surface area contributed by atoms with Crippen molar-refractivity contribution in [2.45, 2.75) is 26.5 Å². The minimum atomic E-state index is -0.469. The molecule has 1 atom stereocenters. The molecule has 0 radical (unpaired) electrons. The van der Waals surface area contributed by atoms with Gasteiger partial charge in [0.15, 0.2) is 0 Å². The highest BCUT2D eigenvalue weighted by Crippen LogP contribution is 2.17. The Morgan fingerprint density at radius 3 is 2.72 bits per heavy atom. The van der Waals surface area contributed by atoms with Crippen LogP contribution in [0.25, 0.3) is 0 Å². The molecule has 1 amide bonds. The molecule has 1 fully saturated rings. The van der Waals surface area contributed by atoms with Gasteiger partial charge in [-0.15, -0.1) is 0 Å². The van der Waals surface area contributed by atoms with E-state index in [2.05, 4.69) is 36.9 Å². The van der Waals surface area contributed by atoms with Crippen LogP contribution >= 0.6 is 0 Å². The van der Waals surface area contributed by atoms with Crippen LogP contribution in [0.15, 0.2) is 18.2 Å². The van der Waals surface area contributed by atoms with Crippen LogP contribution in [0, 0.1) is 13.8 Å². The summed E-state index contributed by atoms with van der Waals surface area (Å²) in [5.74, 6) is -0.374. The highest BCUT2D eigenvalue weighted by atomic mass is 16.5. The summed E-state index contributed by atoms with van der Waals surface area (Å²) >= 11 is 0. The first-order valence-electron chi connectivity index (χ1n) is 6.26. The smallest absolute Gasteiger partial charge is 0.247 e. The minimum Gasteiger partial charge on any atom is -0.367 e. The number of ether oxygens (including phenoxy) is 1. The van der Waals surface area contributed by atoms with Gasteiger partial charge in [0, 0.05) is 19.6 Å². The number of nitrogens with two attached hydrogens (primary N) is 1. The normalized spacial score (nSPS) is 20.9. The molecular formula is C14H20N2O2. The third kappa shape index (κ3) is 2.89. The molecular weight excluding hydrogens is 228 g/mol. The van der Waals surface area contributed by atoms with Gasteiger partial charge in [-0.2, -0.15) is 0 Å². The maximum Gasteiger partial charge on any atom is 0.247 e. The van der Waals surface area contributed by atoms with Crippen molar-refractivity contribution in [2.24, 2.45) is 5.73 Å². The third-order valence-electron chi connectivity index (χ3n) is 3.49. The summed E-state index contributed by atoms with van der Waals surface area (Å²) in [4.78, 5) is 13.4. The number of carbonyl (C=O) groups is 1. The topological polar surface area (TPSA) is 55.6 Å². The van der Waals surface area contributed by atoms with Crippen molar-refractivity contribution >= 4 is 5.91 Å². The molecule has 1 aliphatic heterocycles. The van der Waals surface area contributed by atoms with E-state index in [0.717, 1.165) is 13.1 Å². The fourth-order valence-corrected chi connectivity index (χ4v) is 2.34. The van der Waals surface area contributed by atoms with Crippen molar-refractivity contribution in [2.75, 3.05) is 19.7 Å². The minimum absolute atomic E-state index is 0.374. The second-order valence-electron chi connectivity index (χ2n) is 4.87. The maximum absolute atomic E-state index is 11.2. The van der Waals surface area contributed by atoms with Crippen molar-refractivity contribution in [1.82, 2.24) is 4.90 Å². The Labute approximate surface area is 108 Å². The molecule has 4 nitrogen and oxygen atoms in total. The number of carbonyl (C=O) groups excluding carboxylic acids is 1. The summed E-state index contributed by atoms with van der Waals surface area (Å²) in [6.07, 6.45) is -0.469. The van der Waals surface area contributed by atoms with Crippen molar-refractivity contribution in [3.63, 3.8) is 0 Å². The lowest BCUT2D eigenvalue weighted by Gasteiger charge is -2.32. The lowest BCUT2D eigenvalue weighted by Crippen LogP contribution is -2.48. The van der Waals surface area contributed by atoms with Crippen LogP contribution in [0.2, 0.25) is 0 Å². The quantitative estimate of drug-likeness (QED) is 0.868. The van der Waals surface area contributed by atoms with Gasteiger partial charge < -0.3 is 10.5 Å². The molecule has 1 aromatic carbocycles. The van der Waals surface area contributed by atoms with Crippen molar-refractivity contribution < 1.29 is 9.53 Å². The average molecular weight is 248 g/mol. The van der Waals surface area contributed by atoms with Crippen LogP contribution in [0.3, 0.4) is 0 Å². The number of benzene rings is 1. The predicted molar refractivity (Wildman–Crippen MR) is 70.1 cm³/mol. The molecule has 2 N–H and O–H groups in total. The zero-order chi connectivity index (χ0) is 13.1. The summed E-state index contributed by atoms with van der Waals surface area (Å²) in [5.41, 5.74) is 9.21. The molecule has 1 saturated heterocycles. The van der Waals surface area contributed by atoms with E-state index in [1.165, 1.54) is 16.7 Å². The molecule has 18 heavy (non-hydrogen) atoms. The van der Waals surface area contributed by atoms with Crippen molar-refractivity contribution in [3.8, 4) is 0 Å². The van der Waals surface area contributed by atoms with Gasteiger partial charge >= 0.3 is 0 Å². The maximum atomic E-state index is 11.2. The number of primary amides is 1. The second kappa shape index (κ2) is 5.50. The molecule has 1 heterocycles. The molecule has 0 aromatic heterocycles. The van der Waals surface area contributed by atoms with Gasteiger partial charge in [0.1, 0.15) is 6.10 Å². The molecule has 2 rings (SSSR count). The van der Waals surface area contributed by atoms with E-state index in [-0.39, 0.29) is 5.91 Å². The summed E-state index contributed by atoms with van der Waals surface area (Å²) < 4.78 is 5.35. The monoisotopic (exact) mass is 248 g/mol. The lowest BCUT2D eigenvalue weighted by atomic mass is 10.0. The highest BCUT2D eigenvalue weighted by molar-refractivity contribution is 5.79. The van der Waals surface area contributed by atoms with Gasteiger partial charge in [0.05, 0.1) is 6.61 Å². The molecule has 4 heteroatoms. The average Bonchev–Trinajstić information content (AvgIpc) is 2.34. The van der Waals surface area contributed by atoms with Gasteiger partial charge in [0.25, 0.3) is 0 Å². The first-order chi connectivity index (χ1) is 8.58. The lowest BCUT2D eigenvalue weighted by molar-refractivity contribution is -0.135. The summed E-state index contributed by atoms with van der Waals surface area (Å²) in [6.45, 7) is 7.09. The van der Waals surface area contributed by atoms with Gasteiger partial charge in [-0.3, -0.25) is 9.69 Å². The van der Waals surface area contributed by atoms with Crippen LogP contribution in [-0.2, 0) is 16.1 Å². The first kappa shape index (κ1) is 13.1. The largest absolute Gasteiger partial charge is 0.367 e. The first-order valence-corrected chi connectivity index (χ1v) is 6.26. The van der Waals surface area contributed by atoms with Gasteiger partial charge in [-0.25, -0.2) is 0 Å². The molecule has 1 unspecified atom stereocenters. The molecule has 0 saturated carbocycles. The fraction of sp³-hybridized carbons (Fsp3) is 0.500. The van der Waals surface area contributed by atoms with Crippen LogP contribution in [-0.4, -0.2) is 36.6 Å². The second-order valence-corrected chi connectivity index (χ2v) is 4.87. The molecule has 98 valence electrons. The summed E-state index contributed by atoms with van der Waals surface area (Å²) in [6, 6.07) is 6.31. The van der Waals surface area contributed by atoms with E-state index in [0.29, 0.717) is 13.2 Å². The predicted octanol–water partition coefficient (Wildman–Crippen LogP) is 0.990. The van der Waals surface area contributed by atoms with E-state index >= 15 is 0 Å². The van der Waals surface area contributed by atoms with Gasteiger partial charge in [0.2, 0.25) is 5.91 Å². The standard InChI is InChI=1S/C14H20N2O2/c1-10-4-3-5-11(2)12(10)8-16-6-7-18-13(9-16)14(15)17/h3-5,13H,6-9H2,1-2H3,(H2,15,17). The van der Waals surface area contributed by atoms with Gasteiger partial charge in [-0.05, 0) is 30.5 Å². The van der Waals surface area contributed by atoms with E-state index in [1.54, 1.807) is 0 Å². The van der Waals surface area contributed by atoms with Gasteiger partial charge in [-0.1, -0.05) is 18.2 Å². The number of hydrogen-bond donors (Lipinski definition) is 1. The Kier molecular flexibility index (Phi) is 3.99. The van der Waals surface area contributed by atoms with Crippen LogP contribution < -0.4 is 5.73 Å². The van der Waals surface area contributed by atoms with E-state index in [4.69, 9.17) is 10.5 Å². The van der Waals surface area contributed by atoms with Crippen LogP contribution in [0.4, 0.5) is 0 Å². The molecule has 1 aromatic rings. The number of morpholine rings is 1. The molecule has 0 aliphatic carbocycles. The van der Waals surface area contributed by atoms with Crippen LogP contribution in [0.1, 0.15) is 16.7 Å². The SMILES string of the molecule is Cc1cccc(C)c1CN1CCOC(C(N)=O)C1. The van der Waals surface area contributed by atoms with Crippen LogP contribution in [0.5, 0.6) is 0 Å². The van der Waals surface area contributed by atoms with E-state index in [9.17, 15) is 4.79 Å². The highest BCUT2D eigenvalue weighted by Gasteiger charge is 2.25. The molecule has 0 bridgehead atoms. The Hall–Kier alpha value is -1.39. The number of nitrogens with zero attached hydrogens (tertiary/aromatic N) is 1.